The summed E-state index contributed by atoms with van der Waals surface area (Å²) >= 11 is 0. The number of piperidine rings is 1. The summed E-state index contributed by atoms with van der Waals surface area (Å²) in [7, 11) is 0. The Morgan fingerprint density at radius 1 is 0.970 bits per heavy atom. The van der Waals surface area contributed by atoms with Gasteiger partial charge in [0.1, 0.15) is 17.0 Å². The lowest BCUT2D eigenvalue weighted by Crippen LogP contribution is -2.41. The van der Waals surface area contributed by atoms with Crippen molar-refractivity contribution in [2.45, 2.75) is 32.1 Å². The van der Waals surface area contributed by atoms with Crippen molar-refractivity contribution in [1.29, 1.82) is 0 Å². The molecule has 0 unspecified atom stereocenters. The number of pyridine rings is 2. The number of ether oxygens (including phenoxy) is 1. The summed E-state index contributed by atoms with van der Waals surface area (Å²) in [5.74, 6) is 2.51. The molecule has 3 aromatic heterocycles. The average Bonchev–Trinajstić information content (AvgIpc) is 3.52. The number of benzene rings is 1. The van der Waals surface area contributed by atoms with E-state index in [9.17, 15) is 0 Å². The molecule has 0 spiro atoms. The van der Waals surface area contributed by atoms with Crippen LogP contribution in [0.25, 0.3) is 28.1 Å². The molecule has 1 N–H and O–H groups in total. The molecule has 0 radical (unpaired) electrons. The predicted molar refractivity (Wildman–Crippen MR) is 136 cm³/mol. The van der Waals surface area contributed by atoms with E-state index >= 15 is 0 Å². The van der Waals surface area contributed by atoms with E-state index in [1.807, 2.05) is 40.9 Å². The van der Waals surface area contributed by atoms with Gasteiger partial charge >= 0.3 is 0 Å². The lowest BCUT2D eigenvalue weighted by Gasteiger charge is -2.37. The molecule has 1 aliphatic carbocycles. The van der Waals surface area contributed by atoms with Gasteiger partial charge in [-0.2, -0.15) is 0 Å². The molecule has 4 aromatic rings. The molecule has 6 rings (SSSR count). The van der Waals surface area contributed by atoms with Crippen LogP contribution in [0.1, 0.15) is 32.1 Å². The number of halogens is 2. The maximum absolute atomic E-state index is 6.52. The number of nitrogens with zero attached hydrogens (tertiary/aromatic N) is 4. The van der Waals surface area contributed by atoms with Crippen molar-refractivity contribution in [3.63, 3.8) is 0 Å². The highest BCUT2D eigenvalue weighted by Crippen LogP contribution is 2.45. The summed E-state index contributed by atoms with van der Waals surface area (Å²) in [5, 5.41) is 13.2. The first-order valence-electron chi connectivity index (χ1n) is 11.3. The summed E-state index contributed by atoms with van der Waals surface area (Å²) in [6.45, 7) is 2.95. The fourth-order valence-corrected chi connectivity index (χ4v) is 4.91. The number of hydrogen-bond donors (Lipinski definition) is 1. The molecular formula is C25H29Cl2N5O. The van der Waals surface area contributed by atoms with Crippen molar-refractivity contribution in [2.75, 3.05) is 19.7 Å². The Kier molecular flexibility index (Phi) is 7.07. The first kappa shape index (κ1) is 23.7. The third kappa shape index (κ3) is 4.79. The molecule has 1 aromatic carbocycles. The largest absolute Gasteiger partial charge is 0.491 e. The topological polar surface area (TPSA) is 64.3 Å². The van der Waals surface area contributed by atoms with E-state index in [1.165, 1.54) is 32.1 Å². The Balaban J connectivity index is 0.00000130. The molecule has 4 heterocycles. The molecule has 0 bridgehead atoms. The fraction of sp³-hybridized carbons (Fsp3) is 0.400. The lowest BCUT2D eigenvalue weighted by molar-refractivity contribution is 0.0894. The van der Waals surface area contributed by atoms with Gasteiger partial charge in [0.2, 0.25) is 0 Å². The molecule has 6 nitrogen and oxygen atoms in total. The summed E-state index contributed by atoms with van der Waals surface area (Å²) < 4.78 is 8.49. The molecule has 1 saturated heterocycles. The molecule has 174 valence electrons. The molecule has 2 fully saturated rings. The zero-order valence-corrected chi connectivity index (χ0v) is 20.1. The van der Waals surface area contributed by atoms with Crippen molar-refractivity contribution in [2.24, 2.45) is 11.3 Å². The highest BCUT2D eigenvalue weighted by molar-refractivity contribution is 5.86. The van der Waals surface area contributed by atoms with Crippen molar-refractivity contribution in [3.05, 3.63) is 54.7 Å². The minimum Gasteiger partial charge on any atom is -0.491 e. The molecule has 33 heavy (non-hydrogen) atoms. The van der Waals surface area contributed by atoms with Gasteiger partial charge in [-0.05, 0) is 62.5 Å². The van der Waals surface area contributed by atoms with Gasteiger partial charge in [0.15, 0.2) is 11.5 Å². The highest BCUT2D eigenvalue weighted by atomic mass is 35.5. The van der Waals surface area contributed by atoms with E-state index in [1.54, 1.807) is 0 Å². The highest BCUT2D eigenvalue weighted by Gasteiger charge is 2.38. The number of para-hydroxylation sites is 1. The smallest absolute Gasteiger partial charge is 0.187 e. The van der Waals surface area contributed by atoms with E-state index in [0.717, 1.165) is 59.4 Å². The second-order valence-corrected chi connectivity index (χ2v) is 9.16. The second-order valence-electron chi connectivity index (χ2n) is 9.16. The van der Waals surface area contributed by atoms with E-state index < -0.39 is 0 Å². The monoisotopic (exact) mass is 485 g/mol. The Hall–Kier alpha value is -2.41. The van der Waals surface area contributed by atoms with Gasteiger partial charge < -0.3 is 10.1 Å². The van der Waals surface area contributed by atoms with Crippen molar-refractivity contribution >= 4 is 41.4 Å². The minimum absolute atomic E-state index is 0. The third-order valence-corrected chi connectivity index (χ3v) is 6.84. The molecule has 1 saturated carbocycles. The first-order valence-corrected chi connectivity index (χ1v) is 11.3. The van der Waals surface area contributed by atoms with Crippen LogP contribution in [0.4, 0.5) is 0 Å². The van der Waals surface area contributed by atoms with Crippen molar-refractivity contribution < 1.29 is 4.74 Å². The average molecular weight is 486 g/mol. The zero-order chi connectivity index (χ0) is 20.7. The summed E-state index contributed by atoms with van der Waals surface area (Å²) in [6, 6.07) is 16.2. The van der Waals surface area contributed by atoms with Gasteiger partial charge in [0.05, 0.1) is 6.61 Å². The van der Waals surface area contributed by atoms with E-state index in [-0.39, 0.29) is 30.2 Å². The van der Waals surface area contributed by atoms with Crippen LogP contribution in [0.2, 0.25) is 0 Å². The number of aromatic nitrogens is 4. The summed E-state index contributed by atoms with van der Waals surface area (Å²) in [5.41, 5.74) is 2.80. The van der Waals surface area contributed by atoms with Gasteiger partial charge in [0.25, 0.3) is 0 Å². The summed E-state index contributed by atoms with van der Waals surface area (Å²) in [6.07, 6.45) is 8.43. The predicted octanol–water partition coefficient (Wildman–Crippen LogP) is 5.34. The Bertz CT molecular complexity index is 1230. The zero-order valence-electron chi connectivity index (χ0n) is 18.4. The van der Waals surface area contributed by atoms with E-state index in [0.29, 0.717) is 0 Å². The quantitative estimate of drug-likeness (QED) is 0.399. The van der Waals surface area contributed by atoms with Crippen LogP contribution in [0.5, 0.6) is 5.75 Å². The van der Waals surface area contributed by atoms with Gasteiger partial charge in [-0.3, -0.25) is 4.40 Å². The van der Waals surface area contributed by atoms with Crippen LogP contribution < -0.4 is 10.1 Å². The molecule has 0 atom stereocenters. The number of rotatable bonds is 6. The van der Waals surface area contributed by atoms with Crippen LogP contribution >= 0.6 is 24.8 Å². The van der Waals surface area contributed by atoms with E-state index in [2.05, 4.69) is 33.7 Å². The minimum atomic E-state index is 0. The van der Waals surface area contributed by atoms with Gasteiger partial charge in [0, 0.05) is 17.0 Å². The SMILES string of the molecule is Cl.Cl.c1cc(OCC2(CC3CC3)CCNCC2)c2nc(-c3nnc4ccccn34)ccc2c1. The third-order valence-electron chi connectivity index (χ3n) is 6.84. The van der Waals surface area contributed by atoms with Gasteiger partial charge in [-0.1, -0.05) is 37.1 Å². The van der Waals surface area contributed by atoms with E-state index in [4.69, 9.17) is 9.72 Å². The van der Waals surface area contributed by atoms with Gasteiger partial charge in [-0.25, -0.2) is 4.98 Å². The van der Waals surface area contributed by atoms with Crippen LogP contribution in [0, 0.1) is 11.3 Å². The fourth-order valence-electron chi connectivity index (χ4n) is 4.91. The maximum atomic E-state index is 6.52. The maximum Gasteiger partial charge on any atom is 0.187 e. The van der Waals surface area contributed by atoms with Crippen LogP contribution in [0.3, 0.4) is 0 Å². The van der Waals surface area contributed by atoms with Gasteiger partial charge in [-0.15, -0.1) is 35.0 Å². The van der Waals surface area contributed by atoms with Crippen LogP contribution in [-0.2, 0) is 0 Å². The molecule has 1 aliphatic heterocycles. The Morgan fingerprint density at radius 3 is 2.64 bits per heavy atom. The summed E-state index contributed by atoms with van der Waals surface area (Å²) in [4.78, 5) is 4.97. The first-order chi connectivity index (χ1) is 15.3. The molecular weight excluding hydrogens is 457 g/mol. The molecule has 2 aliphatic rings. The number of fused-ring (bicyclic) bond motifs is 2. The van der Waals surface area contributed by atoms with Crippen LogP contribution in [0.15, 0.2) is 54.7 Å². The normalized spacial score (nSPS) is 17.3. The van der Waals surface area contributed by atoms with Crippen molar-refractivity contribution in [1.82, 2.24) is 24.9 Å². The second kappa shape index (κ2) is 9.84. The van der Waals surface area contributed by atoms with Crippen LogP contribution in [-0.4, -0.2) is 39.3 Å². The molecule has 0 amide bonds. The molecule has 8 heteroatoms. The number of nitrogens with one attached hydrogen (secondary N) is 1. The Labute approximate surface area is 206 Å². The number of hydrogen-bond acceptors (Lipinski definition) is 5. The lowest BCUT2D eigenvalue weighted by atomic mass is 9.75. The Morgan fingerprint density at radius 2 is 1.82 bits per heavy atom. The van der Waals surface area contributed by atoms with Crippen molar-refractivity contribution in [3.8, 4) is 17.3 Å². The standard InChI is InChI=1S/C25H27N5O.2ClH/c1-2-15-30-22(6-1)28-29-24(30)20-10-9-19-4-3-5-21(23(19)27-20)31-17-25(16-18-7-8-18)11-13-26-14-12-25;;/h1-6,9-10,15,18,26H,7-8,11-14,16-17H2;2*1H.